The number of nitrogens with zero attached hydrogens (tertiary/aromatic N) is 1. The van der Waals surface area contributed by atoms with Gasteiger partial charge >= 0.3 is 5.97 Å². The van der Waals surface area contributed by atoms with Crippen molar-refractivity contribution in [3.8, 4) is 0 Å². The molecule has 0 unspecified atom stereocenters. The van der Waals surface area contributed by atoms with Crippen LogP contribution in [0.2, 0.25) is 0 Å². The lowest BCUT2D eigenvalue weighted by molar-refractivity contribution is -0.137. The first kappa shape index (κ1) is 9.55. The van der Waals surface area contributed by atoms with Crippen LogP contribution in [0.1, 0.15) is 13.8 Å². The Morgan fingerprint density at radius 1 is 1.45 bits per heavy atom. The lowest BCUT2D eigenvalue weighted by Crippen LogP contribution is -2.06. The van der Waals surface area contributed by atoms with Gasteiger partial charge in [0.15, 0.2) is 5.78 Å². The van der Waals surface area contributed by atoms with Gasteiger partial charge in [0.1, 0.15) is 5.71 Å². The predicted molar refractivity (Wildman–Crippen MR) is 40.1 cm³/mol. The molecule has 11 heavy (non-hydrogen) atoms. The van der Waals surface area contributed by atoms with Crippen molar-refractivity contribution in [2.24, 2.45) is 5.16 Å². The van der Waals surface area contributed by atoms with Crippen LogP contribution in [0.15, 0.2) is 17.8 Å². The molecule has 0 aromatic rings. The Balaban J connectivity index is 4.02. The molecule has 0 N–H and O–H groups in total. The molecule has 0 bridgehead atoms. The number of hydrogen-bond acceptors (Lipinski definition) is 4. The highest BCUT2D eigenvalue weighted by Crippen LogP contribution is 1.84. The Hall–Kier alpha value is -1.45. The Morgan fingerprint density at radius 2 is 2.00 bits per heavy atom. The normalized spacial score (nSPS) is 10.5. The second-order valence-corrected chi connectivity index (χ2v) is 1.85. The molecule has 0 atom stereocenters. The fraction of sp³-hybridized carbons (Fsp3) is 0.286. The minimum Gasteiger partial charge on any atom is -0.313 e. The molecule has 0 aromatic carbocycles. The van der Waals surface area contributed by atoms with E-state index in [4.69, 9.17) is 0 Å². The summed E-state index contributed by atoms with van der Waals surface area (Å²) in [4.78, 5) is 25.1. The number of Topliss-reactive ketones (excluding diaryl/α,β-unsaturated/α-hetero) is 1. The second kappa shape index (κ2) is 4.38. The molecule has 0 amide bonds. The molecule has 0 heterocycles. The van der Waals surface area contributed by atoms with Crippen molar-refractivity contribution in [2.45, 2.75) is 13.8 Å². The maximum absolute atomic E-state index is 10.5. The van der Waals surface area contributed by atoms with Gasteiger partial charge in [-0.25, -0.2) is 4.79 Å². The highest BCUT2D eigenvalue weighted by atomic mass is 16.7. The second-order valence-electron chi connectivity index (χ2n) is 1.85. The average molecular weight is 155 g/mol. The van der Waals surface area contributed by atoms with Crippen molar-refractivity contribution in [3.63, 3.8) is 0 Å². The van der Waals surface area contributed by atoms with E-state index in [0.29, 0.717) is 0 Å². The van der Waals surface area contributed by atoms with E-state index in [-0.39, 0.29) is 11.5 Å². The Morgan fingerprint density at radius 3 is 2.36 bits per heavy atom. The maximum atomic E-state index is 10.5. The van der Waals surface area contributed by atoms with Gasteiger partial charge in [-0.05, 0) is 6.92 Å². The summed E-state index contributed by atoms with van der Waals surface area (Å²) < 4.78 is 0. The van der Waals surface area contributed by atoms with Gasteiger partial charge < -0.3 is 4.84 Å². The quantitative estimate of drug-likeness (QED) is 0.260. The minimum atomic E-state index is -0.675. The minimum absolute atomic E-state index is 0.153. The maximum Gasteiger partial charge on any atom is 0.358 e. The fourth-order valence-electron chi connectivity index (χ4n) is 0.215. The van der Waals surface area contributed by atoms with Gasteiger partial charge in [0.2, 0.25) is 0 Å². The first-order chi connectivity index (χ1) is 5.07. The molecule has 0 saturated carbocycles. The Labute approximate surface area is 64.5 Å². The largest absolute Gasteiger partial charge is 0.358 e. The molecule has 0 spiro atoms. The van der Waals surface area contributed by atoms with Gasteiger partial charge in [0, 0.05) is 13.0 Å². The van der Waals surface area contributed by atoms with Crippen molar-refractivity contribution in [1.82, 2.24) is 0 Å². The van der Waals surface area contributed by atoms with Gasteiger partial charge in [-0.15, -0.1) is 0 Å². The van der Waals surface area contributed by atoms with Crippen molar-refractivity contribution >= 4 is 17.5 Å². The topological polar surface area (TPSA) is 55.7 Å². The Bertz CT molecular complexity index is 218. The summed E-state index contributed by atoms with van der Waals surface area (Å²) >= 11 is 0. The third-order valence-corrected chi connectivity index (χ3v) is 0.949. The lowest BCUT2D eigenvalue weighted by Gasteiger charge is -1.92. The van der Waals surface area contributed by atoms with Crippen molar-refractivity contribution in [2.75, 3.05) is 0 Å². The van der Waals surface area contributed by atoms with Crippen LogP contribution in [-0.4, -0.2) is 17.5 Å². The molecule has 0 fully saturated rings. The third kappa shape index (κ3) is 4.02. The van der Waals surface area contributed by atoms with Crippen LogP contribution in [0.3, 0.4) is 0 Å². The van der Waals surface area contributed by atoms with Crippen LogP contribution in [0.25, 0.3) is 0 Å². The first-order valence-corrected chi connectivity index (χ1v) is 2.97. The summed E-state index contributed by atoms with van der Waals surface area (Å²) in [5.41, 5.74) is 0.153. The number of rotatable bonds is 3. The number of hydrogen-bond donors (Lipinski definition) is 0. The van der Waals surface area contributed by atoms with Gasteiger partial charge in [-0.1, -0.05) is 11.7 Å². The predicted octanol–water partition coefficient (Wildman–Crippen LogP) is 0.680. The van der Waals surface area contributed by atoms with Crippen molar-refractivity contribution < 1.29 is 14.4 Å². The van der Waals surface area contributed by atoms with E-state index in [2.05, 4.69) is 16.6 Å². The van der Waals surface area contributed by atoms with Crippen LogP contribution in [0, 0.1) is 0 Å². The number of oxime groups is 1. The average Bonchev–Trinajstić information content (AvgIpc) is 1.99. The summed E-state index contributed by atoms with van der Waals surface area (Å²) in [7, 11) is 0. The molecule has 4 heteroatoms. The van der Waals surface area contributed by atoms with Gasteiger partial charge in [0.25, 0.3) is 0 Å². The molecule has 0 rings (SSSR count). The van der Waals surface area contributed by atoms with Crippen LogP contribution in [0.4, 0.5) is 0 Å². The highest BCUT2D eigenvalue weighted by Gasteiger charge is 1.99. The molecule has 0 aliphatic heterocycles. The van der Waals surface area contributed by atoms with E-state index in [1.165, 1.54) is 13.8 Å². The zero-order valence-corrected chi connectivity index (χ0v) is 6.46. The summed E-state index contributed by atoms with van der Waals surface area (Å²) in [6, 6.07) is 0. The zero-order chi connectivity index (χ0) is 8.85. The number of carbonyl (C=O) groups is 2. The summed E-state index contributed by atoms with van der Waals surface area (Å²) in [6.07, 6.45) is 0.969. The van der Waals surface area contributed by atoms with Gasteiger partial charge in [-0.2, -0.15) is 0 Å². The van der Waals surface area contributed by atoms with E-state index in [0.717, 1.165) is 6.08 Å². The van der Waals surface area contributed by atoms with Crippen LogP contribution in [-0.2, 0) is 14.4 Å². The number of carbonyl (C=O) groups excluding carboxylic acids is 2. The van der Waals surface area contributed by atoms with E-state index in [9.17, 15) is 9.59 Å². The van der Waals surface area contributed by atoms with E-state index >= 15 is 0 Å². The molecular weight excluding hydrogens is 146 g/mol. The van der Waals surface area contributed by atoms with Gasteiger partial charge in [-0.3, -0.25) is 4.79 Å². The van der Waals surface area contributed by atoms with E-state index < -0.39 is 5.97 Å². The zero-order valence-electron chi connectivity index (χ0n) is 6.46. The first-order valence-electron chi connectivity index (χ1n) is 2.97. The smallest absolute Gasteiger partial charge is 0.313 e. The fourth-order valence-corrected chi connectivity index (χ4v) is 0.215. The molecule has 0 aliphatic rings. The van der Waals surface area contributed by atoms with Crippen molar-refractivity contribution in [1.29, 1.82) is 0 Å². The third-order valence-electron chi connectivity index (χ3n) is 0.949. The number of ketones is 1. The summed E-state index contributed by atoms with van der Waals surface area (Å²) in [5, 5.41) is 3.24. The van der Waals surface area contributed by atoms with Gasteiger partial charge in [0.05, 0.1) is 0 Å². The molecule has 60 valence electrons. The highest BCUT2D eigenvalue weighted by molar-refractivity contribution is 6.37. The molecule has 0 aromatic heterocycles. The lowest BCUT2D eigenvalue weighted by atomic mass is 10.3. The Kier molecular flexibility index (Phi) is 3.80. The molecule has 0 saturated heterocycles. The van der Waals surface area contributed by atoms with Crippen molar-refractivity contribution in [3.05, 3.63) is 12.7 Å². The van der Waals surface area contributed by atoms with Crippen LogP contribution in [0.5, 0.6) is 0 Å². The standard InChI is InChI=1S/C7H9NO3/c1-4-7(10)11-8-5(2)6(3)9/h4H,1H2,2-3H3/b8-5-. The SMILES string of the molecule is C=CC(=O)O/N=C(/C)C(C)=O. The van der Waals surface area contributed by atoms with Crippen LogP contribution < -0.4 is 0 Å². The van der Waals surface area contributed by atoms with E-state index in [1.54, 1.807) is 0 Å². The summed E-state index contributed by atoms with van der Waals surface area (Å²) in [5.74, 6) is -0.910. The molecular formula is C7H9NO3. The molecule has 4 nitrogen and oxygen atoms in total. The molecule has 0 aliphatic carbocycles. The van der Waals surface area contributed by atoms with E-state index in [1.807, 2.05) is 0 Å². The summed E-state index contributed by atoms with van der Waals surface area (Å²) in [6.45, 7) is 5.95. The van der Waals surface area contributed by atoms with Crippen LogP contribution >= 0.6 is 0 Å². The molecule has 0 radical (unpaired) electrons. The monoisotopic (exact) mass is 155 g/mol.